The second-order valence-corrected chi connectivity index (χ2v) is 15.6. The molecule has 14 heteroatoms. The lowest BCUT2D eigenvalue weighted by atomic mass is 10.0. The molecule has 3 amide bonds. The molecule has 0 spiro atoms. The molecule has 2 aliphatic rings. The summed E-state index contributed by atoms with van der Waals surface area (Å²) in [7, 11) is 1.43. The molecular formula is C45H41N9O4S. The SMILES string of the molecule is CN(C(=O)O)[C@@H](C(=O)N1CCC[C@H]1c1ncc(-c2ccc(-c3ccc(-c4cnc([C@@H]5CCCN5C(=O)c5snnc5-c5ccccc5)[nH]4)cc3)cc2)[nH]1)c1ccccc1. The van der Waals surface area contributed by atoms with Gasteiger partial charge in [-0.3, -0.25) is 14.5 Å². The van der Waals surface area contributed by atoms with Crippen molar-refractivity contribution < 1.29 is 19.5 Å². The second kappa shape index (κ2) is 16.1. The number of carbonyl (C=O) groups excluding carboxylic acids is 2. The van der Waals surface area contributed by atoms with Crippen molar-refractivity contribution in [2.24, 2.45) is 0 Å². The smallest absolute Gasteiger partial charge is 0.407 e. The van der Waals surface area contributed by atoms with Crippen LogP contribution < -0.4 is 0 Å². The topological polar surface area (TPSA) is 164 Å². The lowest BCUT2D eigenvalue weighted by molar-refractivity contribution is -0.137. The van der Waals surface area contributed by atoms with Gasteiger partial charge < -0.3 is 24.9 Å². The number of imidazole rings is 2. The summed E-state index contributed by atoms with van der Waals surface area (Å²) < 4.78 is 4.11. The Morgan fingerprint density at radius 1 is 0.695 bits per heavy atom. The van der Waals surface area contributed by atoms with E-state index >= 15 is 0 Å². The molecule has 0 unspecified atom stereocenters. The maximum atomic E-state index is 14.0. The first kappa shape index (κ1) is 37.6. The van der Waals surface area contributed by atoms with Crippen LogP contribution in [0.25, 0.3) is 44.9 Å². The molecule has 3 atom stereocenters. The highest BCUT2D eigenvalue weighted by molar-refractivity contribution is 7.08. The first-order valence-electron chi connectivity index (χ1n) is 19.6. The summed E-state index contributed by atoms with van der Waals surface area (Å²) in [6.07, 6.45) is 5.68. The molecule has 13 nitrogen and oxygen atoms in total. The molecule has 5 heterocycles. The standard InChI is InChI=1S/C45H41N9O4S/c1-52(45(57)58)39(33-12-6-3-7-13-33)43(55)53-24-8-14-36(53)41-46-26-34(48-41)30-20-16-28(17-21-30)29-18-22-31(23-19-29)35-27-47-42(49-35)37-15-9-25-54(37)44(56)40-38(50-51-59-40)32-10-4-2-5-11-32/h2-7,10-13,16-23,26-27,36-37,39H,8-9,14-15,24-25H2,1H3,(H,46,48)(H,47,49)(H,57,58)/t36-,37-,39+/m0/s1. The highest BCUT2D eigenvalue weighted by Gasteiger charge is 2.39. The van der Waals surface area contributed by atoms with Gasteiger partial charge in [0.25, 0.3) is 11.8 Å². The van der Waals surface area contributed by atoms with E-state index in [-0.39, 0.29) is 23.9 Å². The van der Waals surface area contributed by atoms with E-state index in [1.165, 1.54) is 7.05 Å². The number of aromatic nitrogens is 6. The van der Waals surface area contributed by atoms with Crippen LogP contribution in [0.3, 0.4) is 0 Å². The van der Waals surface area contributed by atoms with Crippen molar-refractivity contribution in [2.45, 2.75) is 43.8 Å². The number of aromatic amines is 2. The van der Waals surface area contributed by atoms with Crippen molar-refractivity contribution >= 4 is 29.4 Å². The Labute approximate surface area is 344 Å². The highest BCUT2D eigenvalue weighted by atomic mass is 32.1. The number of benzene rings is 4. The first-order valence-corrected chi connectivity index (χ1v) is 20.4. The number of H-pyrrole nitrogens is 2. The van der Waals surface area contributed by atoms with Crippen molar-refractivity contribution in [3.63, 3.8) is 0 Å². The van der Waals surface area contributed by atoms with Crippen LogP contribution in [-0.2, 0) is 4.79 Å². The summed E-state index contributed by atoms with van der Waals surface area (Å²) in [5, 5.41) is 14.1. The van der Waals surface area contributed by atoms with Crippen LogP contribution in [0.15, 0.2) is 122 Å². The van der Waals surface area contributed by atoms with E-state index < -0.39 is 12.1 Å². The minimum Gasteiger partial charge on any atom is -0.465 e. The maximum absolute atomic E-state index is 14.0. The van der Waals surface area contributed by atoms with Crippen molar-refractivity contribution in [2.75, 3.05) is 20.1 Å². The molecule has 2 saturated heterocycles. The monoisotopic (exact) mass is 803 g/mol. The van der Waals surface area contributed by atoms with Gasteiger partial charge in [0.1, 0.15) is 28.3 Å². The van der Waals surface area contributed by atoms with Gasteiger partial charge >= 0.3 is 6.09 Å². The molecule has 4 aromatic carbocycles. The van der Waals surface area contributed by atoms with E-state index in [0.717, 1.165) is 87.1 Å². The third-order valence-corrected chi connectivity index (χ3v) is 12.1. The number of amides is 3. The average Bonchev–Trinajstić information content (AvgIpc) is 4.13. The number of nitrogens with one attached hydrogen (secondary N) is 2. The van der Waals surface area contributed by atoms with Crippen LogP contribution in [0.1, 0.15) is 70.7 Å². The Balaban J connectivity index is 0.865. The number of carbonyl (C=O) groups is 3. The zero-order valence-electron chi connectivity index (χ0n) is 32.2. The molecule has 3 aromatic heterocycles. The van der Waals surface area contributed by atoms with Gasteiger partial charge in [0, 0.05) is 25.7 Å². The average molecular weight is 804 g/mol. The van der Waals surface area contributed by atoms with E-state index in [0.29, 0.717) is 35.0 Å². The zero-order valence-corrected chi connectivity index (χ0v) is 33.0. The van der Waals surface area contributed by atoms with Crippen LogP contribution in [0.4, 0.5) is 4.79 Å². The van der Waals surface area contributed by atoms with Gasteiger partial charge in [-0.05, 0) is 65.0 Å². The summed E-state index contributed by atoms with van der Waals surface area (Å²) in [6.45, 7) is 1.17. The third-order valence-electron chi connectivity index (χ3n) is 11.4. The van der Waals surface area contributed by atoms with Crippen LogP contribution in [0.5, 0.6) is 0 Å². The highest BCUT2D eigenvalue weighted by Crippen LogP contribution is 2.37. The number of hydrogen-bond acceptors (Lipinski definition) is 8. The summed E-state index contributed by atoms with van der Waals surface area (Å²) in [6, 6.07) is 33.9. The van der Waals surface area contributed by atoms with E-state index in [1.807, 2.05) is 71.8 Å². The molecule has 7 aromatic rings. The van der Waals surface area contributed by atoms with Gasteiger partial charge in [-0.15, -0.1) is 5.10 Å². The normalized spacial score (nSPS) is 17.0. The second-order valence-electron chi connectivity index (χ2n) is 14.9. The minimum absolute atomic E-state index is 0.0741. The number of rotatable bonds is 10. The van der Waals surface area contributed by atoms with Crippen molar-refractivity contribution in [1.82, 2.24) is 44.2 Å². The van der Waals surface area contributed by atoms with Crippen LogP contribution in [0, 0.1) is 0 Å². The van der Waals surface area contributed by atoms with Crippen molar-refractivity contribution in [1.29, 1.82) is 0 Å². The Morgan fingerprint density at radius 2 is 1.20 bits per heavy atom. The van der Waals surface area contributed by atoms with Gasteiger partial charge in [0.2, 0.25) is 0 Å². The molecule has 296 valence electrons. The fourth-order valence-corrected chi connectivity index (χ4v) is 8.92. The fraction of sp³-hybridized carbons (Fsp3) is 0.222. The molecule has 0 saturated carbocycles. The van der Waals surface area contributed by atoms with E-state index in [1.54, 1.807) is 23.2 Å². The largest absolute Gasteiger partial charge is 0.465 e. The number of likely N-dealkylation sites (N-methyl/N-ethyl adjacent to an activating group) is 1. The molecule has 3 N–H and O–H groups in total. The summed E-state index contributed by atoms with van der Waals surface area (Å²) in [4.78, 5) is 61.4. The summed E-state index contributed by atoms with van der Waals surface area (Å²) in [5.74, 6) is 1.11. The summed E-state index contributed by atoms with van der Waals surface area (Å²) in [5.41, 5.74) is 7.90. The Morgan fingerprint density at radius 3 is 1.76 bits per heavy atom. The van der Waals surface area contributed by atoms with Gasteiger partial charge in [0.05, 0.1) is 35.9 Å². The lowest BCUT2D eigenvalue weighted by Gasteiger charge is -2.32. The zero-order chi connectivity index (χ0) is 40.5. The van der Waals surface area contributed by atoms with Crippen molar-refractivity contribution in [3.8, 4) is 44.9 Å². The summed E-state index contributed by atoms with van der Waals surface area (Å²) >= 11 is 1.13. The maximum Gasteiger partial charge on any atom is 0.407 e. The minimum atomic E-state index is -1.17. The van der Waals surface area contributed by atoms with Gasteiger partial charge in [-0.2, -0.15) is 0 Å². The fourth-order valence-electron chi connectivity index (χ4n) is 8.28. The van der Waals surface area contributed by atoms with Crippen LogP contribution >= 0.6 is 11.5 Å². The first-order chi connectivity index (χ1) is 28.8. The molecule has 2 fully saturated rings. The molecule has 2 aliphatic heterocycles. The Kier molecular flexibility index (Phi) is 10.3. The number of carboxylic acid groups (broad SMARTS) is 1. The Hall–Kier alpha value is -6.93. The molecule has 0 radical (unpaired) electrons. The predicted molar refractivity (Wildman–Crippen MR) is 224 cm³/mol. The number of hydrogen-bond donors (Lipinski definition) is 3. The quantitative estimate of drug-likeness (QED) is 0.124. The third kappa shape index (κ3) is 7.38. The van der Waals surface area contributed by atoms with E-state index in [9.17, 15) is 19.5 Å². The molecule has 9 rings (SSSR count). The molecule has 0 aliphatic carbocycles. The van der Waals surface area contributed by atoms with E-state index in [2.05, 4.69) is 56.0 Å². The van der Waals surface area contributed by atoms with E-state index in [4.69, 9.17) is 9.97 Å². The Bertz CT molecular complexity index is 2590. The van der Waals surface area contributed by atoms with Crippen LogP contribution in [-0.4, -0.2) is 87.4 Å². The number of nitrogens with zero attached hydrogens (tertiary/aromatic N) is 7. The van der Waals surface area contributed by atoms with Gasteiger partial charge in [0.15, 0.2) is 0 Å². The molecular weight excluding hydrogens is 763 g/mol. The molecule has 59 heavy (non-hydrogen) atoms. The van der Waals surface area contributed by atoms with Gasteiger partial charge in [-0.25, -0.2) is 14.8 Å². The van der Waals surface area contributed by atoms with Crippen LogP contribution in [0.2, 0.25) is 0 Å². The predicted octanol–water partition coefficient (Wildman–Crippen LogP) is 8.64. The van der Waals surface area contributed by atoms with Gasteiger partial charge in [-0.1, -0.05) is 114 Å². The molecule has 0 bridgehead atoms. The lowest BCUT2D eigenvalue weighted by Crippen LogP contribution is -2.43. The van der Waals surface area contributed by atoms with Crippen molar-refractivity contribution in [3.05, 3.63) is 144 Å². The number of likely N-dealkylation sites (tertiary alicyclic amines) is 2.